The Labute approximate surface area is 185 Å². The first-order valence-corrected chi connectivity index (χ1v) is 11.0. The molecule has 32 heavy (non-hydrogen) atoms. The highest BCUT2D eigenvalue weighted by Gasteiger charge is 2.51. The predicted molar refractivity (Wildman–Crippen MR) is 119 cm³/mol. The van der Waals surface area contributed by atoms with Gasteiger partial charge in [-0.1, -0.05) is 12.1 Å². The van der Waals surface area contributed by atoms with Crippen LogP contribution >= 0.6 is 0 Å². The Bertz CT molecular complexity index is 1200. The number of carbonyl (C=O) groups excluding carboxylic acids is 2. The molecule has 0 unspecified atom stereocenters. The SMILES string of the molecule is COc1ccc([C@H]2N(C(=O)c3[nH]c4ccc(F)cc4c3C)CCC[C@]23CCC(=O)N3)cc1. The van der Waals surface area contributed by atoms with E-state index < -0.39 is 5.54 Å². The van der Waals surface area contributed by atoms with Crippen molar-refractivity contribution in [3.8, 4) is 5.75 Å². The van der Waals surface area contributed by atoms with Crippen molar-refractivity contribution in [1.82, 2.24) is 15.2 Å². The summed E-state index contributed by atoms with van der Waals surface area (Å²) in [6, 6.07) is 11.9. The van der Waals surface area contributed by atoms with Crippen LogP contribution in [0, 0.1) is 12.7 Å². The van der Waals surface area contributed by atoms with Crippen LogP contribution in [0.1, 0.15) is 53.3 Å². The van der Waals surface area contributed by atoms with Crippen molar-refractivity contribution in [2.24, 2.45) is 0 Å². The number of ether oxygens (including phenoxy) is 1. The number of aromatic amines is 1. The van der Waals surface area contributed by atoms with E-state index in [0.29, 0.717) is 30.5 Å². The number of aryl methyl sites for hydroxylation is 1. The van der Waals surface area contributed by atoms with Crippen molar-refractivity contribution in [3.63, 3.8) is 0 Å². The quantitative estimate of drug-likeness (QED) is 0.646. The lowest BCUT2D eigenvalue weighted by Gasteiger charge is -2.48. The predicted octanol–water partition coefficient (Wildman–Crippen LogP) is 4.25. The maximum atomic E-state index is 13.9. The normalized spacial score (nSPS) is 23.0. The zero-order valence-corrected chi connectivity index (χ0v) is 18.2. The average molecular weight is 435 g/mol. The lowest BCUT2D eigenvalue weighted by molar-refractivity contribution is -0.120. The Morgan fingerprint density at radius 3 is 2.66 bits per heavy atom. The summed E-state index contributed by atoms with van der Waals surface area (Å²) in [7, 11) is 1.62. The van der Waals surface area contributed by atoms with Crippen LogP contribution in [0.4, 0.5) is 4.39 Å². The molecule has 2 atom stereocenters. The van der Waals surface area contributed by atoms with Crippen LogP contribution in [-0.2, 0) is 4.79 Å². The molecule has 2 fully saturated rings. The van der Waals surface area contributed by atoms with Crippen molar-refractivity contribution in [3.05, 3.63) is 65.1 Å². The van der Waals surface area contributed by atoms with Crippen LogP contribution in [-0.4, -0.2) is 40.9 Å². The van der Waals surface area contributed by atoms with Crippen molar-refractivity contribution in [2.75, 3.05) is 13.7 Å². The van der Waals surface area contributed by atoms with Gasteiger partial charge in [0.1, 0.15) is 17.3 Å². The zero-order chi connectivity index (χ0) is 22.5. The lowest BCUT2D eigenvalue weighted by Crippen LogP contribution is -2.58. The molecular formula is C25H26FN3O3. The number of hydrogen-bond donors (Lipinski definition) is 2. The molecule has 0 saturated carbocycles. The summed E-state index contributed by atoms with van der Waals surface area (Å²) >= 11 is 0. The van der Waals surface area contributed by atoms with Gasteiger partial charge in [0.25, 0.3) is 5.91 Å². The molecule has 5 rings (SSSR count). The fourth-order valence-corrected chi connectivity index (χ4v) is 5.42. The lowest BCUT2D eigenvalue weighted by atomic mass is 9.76. The minimum atomic E-state index is -0.494. The molecule has 1 spiro atoms. The van der Waals surface area contributed by atoms with E-state index in [9.17, 15) is 14.0 Å². The number of fused-ring (bicyclic) bond motifs is 1. The number of nitrogens with one attached hydrogen (secondary N) is 2. The molecule has 7 heteroatoms. The van der Waals surface area contributed by atoms with E-state index in [1.807, 2.05) is 36.1 Å². The first-order valence-electron chi connectivity index (χ1n) is 11.0. The summed E-state index contributed by atoms with van der Waals surface area (Å²) < 4.78 is 19.1. The molecular weight excluding hydrogens is 409 g/mol. The van der Waals surface area contributed by atoms with Crippen LogP contribution in [0.2, 0.25) is 0 Å². The van der Waals surface area contributed by atoms with Gasteiger partial charge in [-0.05, 0) is 67.6 Å². The first-order chi connectivity index (χ1) is 15.4. The summed E-state index contributed by atoms with van der Waals surface area (Å²) in [5.41, 5.74) is 2.39. The molecule has 2 aliphatic rings. The van der Waals surface area contributed by atoms with E-state index in [-0.39, 0.29) is 23.7 Å². The number of nitrogens with zero attached hydrogens (tertiary/aromatic N) is 1. The molecule has 0 radical (unpaired) electrons. The van der Waals surface area contributed by atoms with Gasteiger partial charge >= 0.3 is 0 Å². The van der Waals surface area contributed by atoms with Gasteiger partial charge < -0.3 is 19.9 Å². The van der Waals surface area contributed by atoms with Crippen molar-refractivity contribution >= 4 is 22.7 Å². The van der Waals surface area contributed by atoms with Crippen LogP contribution in [0.15, 0.2) is 42.5 Å². The number of hydrogen-bond acceptors (Lipinski definition) is 3. The molecule has 1 aromatic heterocycles. The molecule has 2 amide bonds. The highest BCUT2D eigenvalue weighted by molar-refractivity contribution is 6.01. The Hall–Kier alpha value is -3.35. The molecule has 2 aliphatic heterocycles. The zero-order valence-electron chi connectivity index (χ0n) is 18.2. The van der Waals surface area contributed by atoms with E-state index in [0.717, 1.165) is 35.2 Å². The largest absolute Gasteiger partial charge is 0.497 e. The fraction of sp³-hybridized carbons (Fsp3) is 0.360. The molecule has 0 aliphatic carbocycles. The fourth-order valence-electron chi connectivity index (χ4n) is 5.42. The van der Waals surface area contributed by atoms with Gasteiger partial charge in [0, 0.05) is 23.9 Å². The molecule has 2 saturated heterocycles. The number of carbonyl (C=O) groups is 2. The van der Waals surface area contributed by atoms with Gasteiger partial charge in [0.05, 0.1) is 18.7 Å². The summed E-state index contributed by atoms with van der Waals surface area (Å²) in [6.07, 6.45) is 2.76. The van der Waals surface area contributed by atoms with Crippen molar-refractivity contribution in [1.29, 1.82) is 0 Å². The first kappa shape index (κ1) is 20.5. The standard InChI is InChI=1S/C25H26FN3O3/c1-15-19-14-17(26)6-9-20(19)27-22(15)24(31)29-13-3-11-25(12-10-21(30)28-25)23(29)16-4-7-18(32-2)8-5-16/h4-9,14,23,27H,3,10-13H2,1-2H3,(H,28,30)/t23-,25+/m1/s1. The third kappa shape index (κ3) is 3.23. The van der Waals surface area contributed by atoms with Crippen LogP contribution in [0.5, 0.6) is 5.75 Å². The second-order valence-corrected chi connectivity index (χ2v) is 8.80. The van der Waals surface area contributed by atoms with E-state index in [4.69, 9.17) is 4.74 Å². The number of rotatable bonds is 3. The Morgan fingerprint density at radius 2 is 1.97 bits per heavy atom. The van der Waals surface area contributed by atoms with E-state index in [2.05, 4.69) is 10.3 Å². The third-order valence-electron chi connectivity index (χ3n) is 6.97. The molecule has 3 heterocycles. The summed E-state index contributed by atoms with van der Waals surface area (Å²) in [5, 5.41) is 3.91. The van der Waals surface area contributed by atoms with Crippen LogP contribution in [0.25, 0.3) is 10.9 Å². The Morgan fingerprint density at radius 1 is 1.19 bits per heavy atom. The highest BCUT2D eigenvalue weighted by atomic mass is 19.1. The van der Waals surface area contributed by atoms with Crippen molar-refractivity contribution in [2.45, 2.75) is 44.2 Å². The molecule has 6 nitrogen and oxygen atoms in total. The number of aromatic nitrogens is 1. The number of piperidine rings is 1. The maximum Gasteiger partial charge on any atom is 0.271 e. The molecule has 0 bridgehead atoms. The summed E-state index contributed by atoms with van der Waals surface area (Å²) in [5.74, 6) is 0.288. The van der Waals surface area contributed by atoms with Crippen molar-refractivity contribution < 1.29 is 18.7 Å². The average Bonchev–Trinajstić information content (AvgIpc) is 3.33. The molecule has 166 valence electrons. The van der Waals surface area contributed by atoms with Crippen LogP contribution in [0.3, 0.4) is 0 Å². The topological polar surface area (TPSA) is 74.4 Å². The maximum absolute atomic E-state index is 13.9. The van der Waals surface area contributed by atoms with Gasteiger partial charge in [-0.3, -0.25) is 9.59 Å². The number of amides is 2. The minimum absolute atomic E-state index is 0.0232. The van der Waals surface area contributed by atoms with E-state index in [1.165, 1.54) is 12.1 Å². The second kappa shape index (κ2) is 7.65. The van der Waals surface area contributed by atoms with Crippen LogP contribution < -0.4 is 10.1 Å². The number of halogens is 1. The molecule has 2 aromatic carbocycles. The molecule has 2 N–H and O–H groups in total. The monoisotopic (exact) mass is 435 g/mol. The number of methoxy groups -OCH3 is 1. The highest BCUT2D eigenvalue weighted by Crippen LogP contribution is 2.45. The molecule has 3 aromatic rings. The van der Waals surface area contributed by atoms with E-state index >= 15 is 0 Å². The Kier molecular flexibility index (Phi) is 4.92. The number of benzene rings is 2. The number of H-pyrrole nitrogens is 1. The minimum Gasteiger partial charge on any atom is -0.497 e. The Balaban J connectivity index is 1.59. The second-order valence-electron chi connectivity index (χ2n) is 8.80. The van der Waals surface area contributed by atoms with Gasteiger partial charge in [-0.2, -0.15) is 0 Å². The van der Waals surface area contributed by atoms with Gasteiger partial charge in [0.2, 0.25) is 5.91 Å². The number of likely N-dealkylation sites (tertiary alicyclic amines) is 1. The third-order valence-corrected chi connectivity index (χ3v) is 6.97. The van der Waals surface area contributed by atoms with E-state index in [1.54, 1.807) is 13.2 Å². The summed E-state index contributed by atoms with van der Waals surface area (Å²) in [4.78, 5) is 31.2. The van der Waals surface area contributed by atoms with Gasteiger partial charge in [-0.25, -0.2) is 4.39 Å². The smallest absolute Gasteiger partial charge is 0.271 e. The van der Waals surface area contributed by atoms with Gasteiger partial charge in [-0.15, -0.1) is 0 Å². The summed E-state index contributed by atoms with van der Waals surface area (Å²) in [6.45, 7) is 2.42. The van der Waals surface area contributed by atoms with Gasteiger partial charge in [0.15, 0.2) is 0 Å².